The van der Waals surface area contributed by atoms with E-state index in [1.54, 1.807) is 24.5 Å². The second-order valence-corrected chi connectivity index (χ2v) is 19.0. The topological polar surface area (TPSA) is 179 Å². The molecule has 3 aliphatic rings. The first-order chi connectivity index (χ1) is 31.3. The Morgan fingerprint density at radius 3 is 2.48 bits per heavy atom. The fourth-order valence-electron chi connectivity index (χ4n) is 10.6. The monoisotopic (exact) mass is 898 g/mol. The highest BCUT2D eigenvalue weighted by Gasteiger charge is 2.54. The lowest BCUT2D eigenvalue weighted by Crippen LogP contribution is -2.53. The number of benzene rings is 3. The zero-order valence-electron chi connectivity index (χ0n) is 37.4. The third-order valence-electron chi connectivity index (χ3n) is 14.1. The van der Waals surface area contributed by atoms with Crippen molar-refractivity contribution in [2.24, 2.45) is 17.6 Å². The molecule has 65 heavy (non-hydrogen) atoms. The van der Waals surface area contributed by atoms with Gasteiger partial charge in [0.2, 0.25) is 11.7 Å². The molecule has 0 bridgehead atoms. The molecule has 0 saturated heterocycles. The fourth-order valence-corrected chi connectivity index (χ4v) is 10.8. The van der Waals surface area contributed by atoms with E-state index in [0.29, 0.717) is 68.4 Å². The number of pyridine rings is 1. The molecule has 3 aromatic carbocycles. The number of rotatable bonds is 17. The van der Waals surface area contributed by atoms with Crippen molar-refractivity contribution < 1.29 is 29.0 Å². The molecule has 12 nitrogen and oxygen atoms in total. The Kier molecular flexibility index (Phi) is 13.7. The summed E-state index contributed by atoms with van der Waals surface area (Å²) >= 11 is 6.32. The molecule has 1 fully saturated rings. The number of nitrogens with one attached hydrogen (secondary N) is 2. The molecular weight excluding hydrogens is 840 g/mol. The minimum Gasteiger partial charge on any atom is -0.494 e. The summed E-state index contributed by atoms with van der Waals surface area (Å²) in [6.07, 6.45) is 13.3. The summed E-state index contributed by atoms with van der Waals surface area (Å²) in [5, 5.41) is 17.8. The summed E-state index contributed by atoms with van der Waals surface area (Å²) in [4.78, 5) is 50.4. The second kappa shape index (κ2) is 19.6. The number of aliphatic carboxylic acids is 1. The van der Waals surface area contributed by atoms with Crippen molar-refractivity contribution >= 4 is 35.1 Å². The number of hydrogen-bond donors (Lipinski definition) is 4. The zero-order valence-corrected chi connectivity index (χ0v) is 38.2. The fraction of sp³-hybridized carbons (Fsp3) is 0.423. The van der Waals surface area contributed by atoms with Crippen LogP contribution in [0.25, 0.3) is 11.1 Å². The zero-order chi connectivity index (χ0) is 45.7. The largest absolute Gasteiger partial charge is 0.494 e. The van der Waals surface area contributed by atoms with Crippen molar-refractivity contribution in [3.63, 3.8) is 0 Å². The Bertz CT molecular complexity index is 2520. The lowest BCUT2D eigenvalue weighted by Gasteiger charge is -2.47. The molecule has 340 valence electrons. The quantitative estimate of drug-likeness (QED) is 0.0657. The minimum atomic E-state index is -1.13. The van der Waals surface area contributed by atoms with E-state index in [9.17, 15) is 19.5 Å². The molecule has 0 unspecified atom stereocenters. The van der Waals surface area contributed by atoms with Crippen LogP contribution in [0, 0.1) is 11.8 Å². The Morgan fingerprint density at radius 2 is 1.72 bits per heavy atom. The van der Waals surface area contributed by atoms with Crippen molar-refractivity contribution in [1.82, 2.24) is 20.3 Å². The number of amides is 2. The number of aryl methyl sites for hydroxylation is 1. The molecule has 2 aromatic heterocycles. The highest BCUT2D eigenvalue weighted by atomic mass is 35.5. The second-order valence-electron chi connectivity index (χ2n) is 18.5. The number of fused-ring (bicyclic) bond motifs is 3. The van der Waals surface area contributed by atoms with E-state index in [1.165, 1.54) is 16.7 Å². The Balaban J connectivity index is 0.925. The summed E-state index contributed by atoms with van der Waals surface area (Å²) in [6, 6.07) is 23.2. The highest BCUT2D eigenvalue weighted by molar-refractivity contribution is 6.30. The molecule has 5 aromatic rings. The van der Waals surface area contributed by atoms with Gasteiger partial charge in [-0.3, -0.25) is 14.6 Å². The molecule has 1 saturated carbocycles. The number of carbonyl (C=O) groups is 3. The smallest absolute Gasteiger partial charge is 0.329 e. The molecule has 4 atom stereocenters. The first kappa shape index (κ1) is 45.6. The van der Waals surface area contributed by atoms with Crippen LogP contribution >= 0.6 is 11.6 Å². The molecule has 5 N–H and O–H groups in total. The van der Waals surface area contributed by atoms with Crippen LogP contribution in [0.2, 0.25) is 5.02 Å². The van der Waals surface area contributed by atoms with E-state index >= 15 is 0 Å². The van der Waals surface area contributed by atoms with E-state index in [-0.39, 0.29) is 35.0 Å². The first-order valence-electron chi connectivity index (χ1n) is 23.0. The van der Waals surface area contributed by atoms with E-state index in [1.807, 2.05) is 61.7 Å². The van der Waals surface area contributed by atoms with Gasteiger partial charge in [-0.1, -0.05) is 55.8 Å². The Morgan fingerprint density at radius 1 is 0.938 bits per heavy atom. The van der Waals surface area contributed by atoms with Gasteiger partial charge in [0, 0.05) is 52.5 Å². The molecule has 2 amide bonds. The van der Waals surface area contributed by atoms with E-state index in [4.69, 9.17) is 26.8 Å². The Labute approximate surface area is 386 Å². The molecule has 13 heteroatoms. The van der Waals surface area contributed by atoms with Gasteiger partial charge in [-0.05, 0) is 159 Å². The maximum absolute atomic E-state index is 13.1. The van der Waals surface area contributed by atoms with Crippen molar-refractivity contribution in [1.29, 1.82) is 0 Å². The van der Waals surface area contributed by atoms with Gasteiger partial charge in [0.25, 0.3) is 5.91 Å². The standard InChI is InChI=1S/C52H59ClN6O6/c1-32(31-65-45-17-22-55-44-13-4-8-33(2)47(44)45)24-39-26-37-15-16-42(28-43(37)51(39)18-20-52(21-19-51,50(62)63)59-41-12-6-11-40(53)27-41)64-23-7-14-46(60)58-34(3)35-9-5-10-36(25-35)38-29-56-49(48(54)61)57-30-38/h5-6,9-12,15-17,22,25,27-30,32-34,39,59H,4,7-8,13-14,18-21,23-24,26,31H2,1-3H3,(H2,54,61)(H,58,60)(H,62,63)/t32-,33-,34-,39+,51?,52?/m1/s1. The number of aromatic nitrogens is 3. The van der Waals surface area contributed by atoms with Crippen LogP contribution < -0.4 is 25.8 Å². The van der Waals surface area contributed by atoms with Crippen molar-refractivity contribution in [2.75, 3.05) is 18.5 Å². The average molecular weight is 900 g/mol. The lowest BCUT2D eigenvalue weighted by atomic mass is 9.59. The van der Waals surface area contributed by atoms with Crippen LogP contribution in [-0.2, 0) is 27.8 Å². The number of primary amides is 1. The molecule has 8 rings (SSSR count). The van der Waals surface area contributed by atoms with Crippen LogP contribution in [0.4, 0.5) is 5.69 Å². The molecule has 0 radical (unpaired) electrons. The predicted octanol–water partition coefficient (Wildman–Crippen LogP) is 9.79. The molecule has 1 spiro atoms. The molecule has 0 aliphatic heterocycles. The van der Waals surface area contributed by atoms with Gasteiger partial charge in [0.1, 0.15) is 17.0 Å². The van der Waals surface area contributed by atoms with Gasteiger partial charge in [0.05, 0.1) is 19.3 Å². The molecular formula is C52H59ClN6O6. The van der Waals surface area contributed by atoms with Crippen LogP contribution in [0.3, 0.4) is 0 Å². The lowest BCUT2D eigenvalue weighted by molar-refractivity contribution is -0.144. The van der Waals surface area contributed by atoms with Crippen molar-refractivity contribution in [3.8, 4) is 22.6 Å². The van der Waals surface area contributed by atoms with Gasteiger partial charge in [0.15, 0.2) is 0 Å². The number of carboxylic acid groups (broad SMARTS) is 1. The number of hydrogen-bond acceptors (Lipinski definition) is 9. The van der Waals surface area contributed by atoms with Crippen LogP contribution in [0.1, 0.15) is 129 Å². The average Bonchev–Trinajstić information content (AvgIpc) is 3.58. The van der Waals surface area contributed by atoms with E-state index < -0.39 is 17.4 Å². The van der Waals surface area contributed by atoms with Crippen LogP contribution in [-0.4, -0.2) is 56.6 Å². The van der Waals surface area contributed by atoms with Gasteiger partial charge in [-0.15, -0.1) is 0 Å². The van der Waals surface area contributed by atoms with Gasteiger partial charge >= 0.3 is 5.97 Å². The third kappa shape index (κ3) is 10.1. The van der Waals surface area contributed by atoms with E-state index in [2.05, 4.69) is 51.6 Å². The normalized spacial score (nSPS) is 22.0. The molecule has 2 heterocycles. The number of carboxylic acids is 1. The van der Waals surface area contributed by atoms with Crippen molar-refractivity contribution in [3.05, 3.63) is 130 Å². The van der Waals surface area contributed by atoms with Gasteiger partial charge < -0.3 is 30.9 Å². The summed E-state index contributed by atoms with van der Waals surface area (Å²) in [5.74, 6) is 1.01. The highest BCUT2D eigenvalue weighted by Crippen LogP contribution is 2.57. The van der Waals surface area contributed by atoms with Crippen LogP contribution in [0.15, 0.2) is 91.4 Å². The predicted molar refractivity (Wildman–Crippen MR) is 251 cm³/mol. The maximum Gasteiger partial charge on any atom is 0.329 e. The number of nitrogens with two attached hydrogens (primary N) is 1. The summed E-state index contributed by atoms with van der Waals surface area (Å²) in [6.45, 7) is 7.44. The van der Waals surface area contributed by atoms with Crippen molar-refractivity contribution in [2.45, 2.75) is 114 Å². The maximum atomic E-state index is 13.1. The van der Waals surface area contributed by atoms with Crippen LogP contribution in [0.5, 0.6) is 11.5 Å². The number of nitrogens with zero attached hydrogens (tertiary/aromatic N) is 3. The van der Waals surface area contributed by atoms with E-state index in [0.717, 1.165) is 66.0 Å². The number of anilines is 1. The number of carbonyl (C=O) groups excluding carboxylic acids is 2. The number of ether oxygens (including phenoxy) is 2. The third-order valence-corrected chi connectivity index (χ3v) is 14.3. The van der Waals surface area contributed by atoms with Gasteiger partial charge in [-0.2, -0.15) is 0 Å². The minimum absolute atomic E-state index is 0.0445. The van der Waals surface area contributed by atoms with Gasteiger partial charge in [-0.25, -0.2) is 14.8 Å². The summed E-state index contributed by atoms with van der Waals surface area (Å²) in [5.41, 5.74) is 12.1. The molecule has 3 aliphatic carbocycles. The Hall–Kier alpha value is -6.01. The summed E-state index contributed by atoms with van der Waals surface area (Å²) in [7, 11) is 0. The summed E-state index contributed by atoms with van der Waals surface area (Å²) < 4.78 is 13.0. The SMILES string of the molecule is C[C@@H](COc1ccnc2c1[C@H](C)CCC2)C[C@H]1Cc2ccc(OCCCC(=O)N[C@H](C)c3cccc(-c4cnc(C(N)=O)nc4)c3)cc2C12CCC(Nc1cccc(Cl)c1)(C(=O)O)CC2. The first-order valence-corrected chi connectivity index (χ1v) is 23.4. The number of halogens is 1.